The second kappa shape index (κ2) is 14.0. The van der Waals surface area contributed by atoms with Crippen LogP contribution >= 0.6 is 11.8 Å². The summed E-state index contributed by atoms with van der Waals surface area (Å²) in [5.41, 5.74) is 4.31. The second-order valence-electron chi connectivity index (χ2n) is 9.85. The molecule has 1 amide bonds. The lowest BCUT2D eigenvalue weighted by Crippen LogP contribution is -2.23. The van der Waals surface area contributed by atoms with Crippen molar-refractivity contribution in [2.24, 2.45) is 5.92 Å². The van der Waals surface area contributed by atoms with Crippen LogP contribution in [0.2, 0.25) is 0 Å². The van der Waals surface area contributed by atoms with Crippen molar-refractivity contribution in [2.45, 2.75) is 32.3 Å². The van der Waals surface area contributed by atoms with Crippen LogP contribution in [0.25, 0.3) is 22.2 Å². The van der Waals surface area contributed by atoms with Gasteiger partial charge in [0.05, 0.1) is 22.9 Å². The first kappa shape index (κ1) is 29.2. The predicted octanol–water partition coefficient (Wildman–Crippen LogP) is 4.82. The lowest BCUT2D eigenvalue weighted by atomic mass is 9.86. The third kappa shape index (κ3) is 7.25. The highest BCUT2D eigenvalue weighted by Gasteiger charge is 2.22. The number of benzene rings is 1. The van der Waals surface area contributed by atoms with Crippen LogP contribution in [0.15, 0.2) is 61.2 Å². The zero-order valence-electron chi connectivity index (χ0n) is 23.4. The molecule has 0 aliphatic heterocycles. The Balaban J connectivity index is 1.48. The van der Waals surface area contributed by atoms with Crippen LogP contribution in [0.3, 0.4) is 0 Å². The third-order valence-electron chi connectivity index (χ3n) is 6.99. The monoisotopic (exact) mass is 559 g/mol. The predicted molar refractivity (Wildman–Crippen MR) is 164 cm³/mol. The minimum absolute atomic E-state index is 0.114. The third-order valence-corrected chi connectivity index (χ3v) is 7.75. The van der Waals surface area contributed by atoms with Crippen LogP contribution in [0, 0.1) is 5.92 Å². The summed E-state index contributed by atoms with van der Waals surface area (Å²) in [6.07, 6.45) is 7.49. The Morgan fingerprint density at radius 3 is 2.60 bits per heavy atom. The number of nitrogens with one attached hydrogen (secondary N) is 3. The number of hydrogen-bond donors (Lipinski definition) is 4. The highest BCUT2D eigenvalue weighted by atomic mass is 32.2. The molecular weight excluding hydrogens is 522 g/mol. The molecule has 0 spiro atoms. The Morgan fingerprint density at radius 2 is 1.88 bits per heavy atom. The molecule has 3 atom stereocenters. The fourth-order valence-electron chi connectivity index (χ4n) is 4.65. The molecule has 4 rings (SSSR count). The maximum Gasteiger partial charge on any atom is 0.251 e. The van der Waals surface area contributed by atoms with Gasteiger partial charge in [0.1, 0.15) is 18.0 Å². The number of fused-ring (bicyclic) bond motifs is 1. The summed E-state index contributed by atoms with van der Waals surface area (Å²) >= 11 is 1.81. The van der Waals surface area contributed by atoms with Gasteiger partial charge in [0.2, 0.25) is 0 Å². The van der Waals surface area contributed by atoms with Crippen molar-refractivity contribution >= 4 is 40.2 Å². The standard InChI is InChI=1S/C30H37N7O2S/c1-19(38)10-12-32-27-9-8-21(15-34-27)26-14-28(37-18-36-26)35-16-22(17-40-4)20(2)23-6-5-7-24-25(30(39)31-3)11-13-33-29(23)24/h5-9,11,13-15,18-20,22,38H,10,12,16-17H2,1-4H3,(H,31,39)(H,32,34)(H,35,36,37). The molecule has 9 nitrogen and oxygen atoms in total. The van der Waals surface area contributed by atoms with E-state index in [1.54, 1.807) is 38.8 Å². The zero-order valence-corrected chi connectivity index (χ0v) is 24.2. The number of para-hydroxylation sites is 1. The molecule has 0 bridgehead atoms. The Labute approximate surface area is 239 Å². The van der Waals surface area contributed by atoms with E-state index < -0.39 is 0 Å². The van der Waals surface area contributed by atoms with E-state index in [0.29, 0.717) is 25.1 Å². The molecular formula is C30H37N7O2S. The van der Waals surface area contributed by atoms with Gasteiger partial charge in [-0.3, -0.25) is 9.78 Å². The first-order valence-corrected chi connectivity index (χ1v) is 14.8. The van der Waals surface area contributed by atoms with Gasteiger partial charge in [-0.1, -0.05) is 25.1 Å². The highest BCUT2D eigenvalue weighted by Crippen LogP contribution is 2.32. The van der Waals surface area contributed by atoms with E-state index in [0.717, 1.165) is 45.1 Å². The van der Waals surface area contributed by atoms with Gasteiger partial charge < -0.3 is 21.1 Å². The summed E-state index contributed by atoms with van der Waals surface area (Å²) in [7, 11) is 1.64. The van der Waals surface area contributed by atoms with Crippen LogP contribution < -0.4 is 16.0 Å². The first-order valence-electron chi connectivity index (χ1n) is 13.4. The summed E-state index contributed by atoms with van der Waals surface area (Å²) in [4.78, 5) is 30.5. The number of amides is 1. The molecule has 40 heavy (non-hydrogen) atoms. The Morgan fingerprint density at radius 1 is 1.02 bits per heavy atom. The van der Waals surface area contributed by atoms with Crippen LogP contribution in [0.1, 0.15) is 42.1 Å². The van der Waals surface area contributed by atoms with Gasteiger partial charge in [-0.25, -0.2) is 15.0 Å². The van der Waals surface area contributed by atoms with Gasteiger partial charge in [-0.2, -0.15) is 11.8 Å². The number of carbonyl (C=O) groups is 1. The normalized spacial score (nSPS) is 13.4. The molecule has 10 heteroatoms. The van der Waals surface area contributed by atoms with Crippen molar-refractivity contribution in [1.29, 1.82) is 0 Å². The molecule has 0 fully saturated rings. The molecule has 0 aliphatic rings. The van der Waals surface area contributed by atoms with E-state index in [1.165, 1.54) is 0 Å². The first-order chi connectivity index (χ1) is 19.4. The second-order valence-corrected chi connectivity index (χ2v) is 10.8. The topological polar surface area (TPSA) is 125 Å². The maximum atomic E-state index is 12.4. The van der Waals surface area contributed by atoms with Crippen molar-refractivity contribution in [1.82, 2.24) is 25.3 Å². The minimum atomic E-state index is -0.345. The van der Waals surface area contributed by atoms with Gasteiger partial charge >= 0.3 is 0 Å². The molecule has 3 unspecified atom stereocenters. The van der Waals surface area contributed by atoms with Crippen molar-refractivity contribution in [3.63, 3.8) is 0 Å². The Bertz CT molecular complexity index is 1420. The number of nitrogens with zero attached hydrogens (tertiary/aromatic N) is 4. The number of pyridine rings is 2. The number of anilines is 2. The van der Waals surface area contributed by atoms with E-state index in [2.05, 4.69) is 55.1 Å². The number of aromatic nitrogens is 4. The van der Waals surface area contributed by atoms with Crippen LogP contribution in [-0.2, 0) is 0 Å². The quantitative estimate of drug-likeness (QED) is 0.182. The Kier molecular flexibility index (Phi) is 10.3. The van der Waals surface area contributed by atoms with E-state index in [9.17, 15) is 9.90 Å². The number of aliphatic hydroxyl groups excluding tert-OH is 1. The minimum Gasteiger partial charge on any atom is -0.393 e. The van der Waals surface area contributed by atoms with Crippen molar-refractivity contribution in [3.8, 4) is 11.3 Å². The molecule has 4 N–H and O–H groups in total. The smallest absolute Gasteiger partial charge is 0.251 e. The molecule has 0 radical (unpaired) electrons. The molecule has 0 aliphatic carbocycles. The van der Waals surface area contributed by atoms with Crippen LogP contribution in [-0.4, -0.2) is 69.2 Å². The van der Waals surface area contributed by atoms with Crippen molar-refractivity contribution in [2.75, 3.05) is 42.8 Å². The van der Waals surface area contributed by atoms with Gasteiger partial charge in [0.25, 0.3) is 5.91 Å². The number of carbonyl (C=O) groups excluding carboxylic acids is 1. The molecule has 3 heterocycles. The molecule has 210 valence electrons. The highest BCUT2D eigenvalue weighted by molar-refractivity contribution is 7.98. The van der Waals surface area contributed by atoms with Crippen LogP contribution in [0.5, 0.6) is 0 Å². The van der Waals surface area contributed by atoms with E-state index >= 15 is 0 Å². The van der Waals surface area contributed by atoms with E-state index in [-0.39, 0.29) is 23.8 Å². The molecule has 0 saturated heterocycles. The lowest BCUT2D eigenvalue weighted by molar-refractivity contribution is 0.0964. The number of aliphatic hydroxyl groups is 1. The van der Waals surface area contributed by atoms with Gasteiger partial charge in [0.15, 0.2) is 0 Å². The fourth-order valence-corrected chi connectivity index (χ4v) is 5.49. The van der Waals surface area contributed by atoms with Gasteiger partial charge in [-0.05, 0) is 61.0 Å². The van der Waals surface area contributed by atoms with Gasteiger partial charge in [-0.15, -0.1) is 0 Å². The van der Waals surface area contributed by atoms with Crippen LogP contribution in [0.4, 0.5) is 11.6 Å². The number of hydrogen-bond acceptors (Lipinski definition) is 9. The van der Waals surface area contributed by atoms with E-state index in [4.69, 9.17) is 0 Å². The van der Waals surface area contributed by atoms with E-state index in [1.807, 2.05) is 42.1 Å². The fraction of sp³-hybridized carbons (Fsp3) is 0.367. The summed E-state index contributed by atoms with van der Waals surface area (Å²) in [6.45, 7) is 5.37. The molecule has 1 aromatic carbocycles. The van der Waals surface area contributed by atoms with Crippen molar-refractivity contribution < 1.29 is 9.90 Å². The molecule has 3 aromatic heterocycles. The average Bonchev–Trinajstić information content (AvgIpc) is 2.98. The van der Waals surface area contributed by atoms with Gasteiger partial charge in [0, 0.05) is 49.5 Å². The SMILES string of the molecule is CNC(=O)c1ccnc2c(C(C)C(CNc3cc(-c4ccc(NCCC(C)O)nc4)ncn3)CSC)cccc12. The maximum absolute atomic E-state index is 12.4. The molecule has 4 aromatic rings. The Hall–Kier alpha value is -3.76. The summed E-state index contributed by atoms with van der Waals surface area (Å²) < 4.78 is 0. The summed E-state index contributed by atoms with van der Waals surface area (Å²) in [6, 6.07) is 13.7. The number of rotatable bonds is 13. The summed E-state index contributed by atoms with van der Waals surface area (Å²) in [5, 5.41) is 19.8. The number of thioether (sulfide) groups is 1. The molecule has 0 saturated carbocycles. The van der Waals surface area contributed by atoms with Crippen molar-refractivity contribution in [3.05, 3.63) is 72.3 Å². The summed E-state index contributed by atoms with van der Waals surface area (Å²) in [5.74, 6) is 2.83. The largest absolute Gasteiger partial charge is 0.393 e. The lowest BCUT2D eigenvalue weighted by Gasteiger charge is -2.25. The average molecular weight is 560 g/mol. The zero-order chi connectivity index (χ0) is 28.5.